The van der Waals surface area contributed by atoms with Gasteiger partial charge in [-0.15, -0.1) is 0 Å². The van der Waals surface area contributed by atoms with E-state index in [-0.39, 0.29) is 11.9 Å². The Labute approximate surface area is 137 Å². The van der Waals surface area contributed by atoms with Crippen LogP contribution in [0.4, 0.5) is 4.79 Å². The Bertz CT molecular complexity index is 523. The molecule has 0 bridgehead atoms. The van der Waals surface area contributed by atoms with Crippen molar-refractivity contribution in [3.63, 3.8) is 0 Å². The molecule has 0 spiro atoms. The lowest BCUT2D eigenvalue weighted by Gasteiger charge is -2.38. The molecule has 1 unspecified atom stereocenters. The van der Waals surface area contributed by atoms with Gasteiger partial charge < -0.3 is 20.4 Å². The number of urea groups is 1. The van der Waals surface area contributed by atoms with Crippen LogP contribution >= 0.6 is 0 Å². The Kier molecular flexibility index (Phi) is 5.98. The van der Waals surface area contributed by atoms with Crippen LogP contribution in [0.3, 0.4) is 0 Å². The van der Waals surface area contributed by atoms with Crippen molar-refractivity contribution in [1.82, 2.24) is 14.7 Å². The Morgan fingerprint density at radius 3 is 2.09 bits per heavy atom. The summed E-state index contributed by atoms with van der Waals surface area (Å²) in [5.41, 5.74) is 6.89. The first-order valence-electron chi connectivity index (χ1n) is 8.21. The molecule has 1 aromatic rings. The fourth-order valence-corrected chi connectivity index (χ4v) is 2.81. The maximum absolute atomic E-state index is 12.5. The highest BCUT2D eigenvalue weighted by atomic mass is 16.2. The third-order valence-corrected chi connectivity index (χ3v) is 4.32. The Morgan fingerprint density at radius 2 is 1.57 bits per heavy atom. The molecule has 0 aromatic heterocycles. The van der Waals surface area contributed by atoms with Gasteiger partial charge >= 0.3 is 6.03 Å². The SMILES string of the molecule is CCN(CC)C(=O)N1CCN(C(=O)C(N)c2ccccc2)CC1. The zero-order valence-electron chi connectivity index (χ0n) is 13.9. The summed E-state index contributed by atoms with van der Waals surface area (Å²) in [6.07, 6.45) is 0. The van der Waals surface area contributed by atoms with Crippen LogP contribution in [0.5, 0.6) is 0 Å². The average molecular weight is 318 g/mol. The highest BCUT2D eigenvalue weighted by Crippen LogP contribution is 2.15. The molecule has 2 N–H and O–H groups in total. The molecule has 6 nitrogen and oxygen atoms in total. The number of hydrogen-bond acceptors (Lipinski definition) is 3. The second-order valence-corrected chi connectivity index (χ2v) is 5.66. The van der Waals surface area contributed by atoms with E-state index in [1.807, 2.05) is 49.1 Å². The highest BCUT2D eigenvalue weighted by Gasteiger charge is 2.29. The number of nitrogens with two attached hydrogens (primary N) is 1. The number of carbonyl (C=O) groups excluding carboxylic acids is 2. The van der Waals surface area contributed by atoms with Gasteiger partial charge in [0.15, 0.2) is 0 Å². The van der Waals surface area contributed by atoms with Crippen molar-refractivity contribution in [2.75, 3.05) is 39.3 Å². The molecule has 1 atom stereocenters. The van der Waals surface area contributed by atoms with Gasteiger partial charge in [0.2, 0.25) is 5.91 Å². The zero-order valence-corrected chi connectivity index (χ0v) is 13.9. The summed E-state index contributed by atoms with van der Waals surface area (Å²) in [6, 6.07) is 8.80. The van der Waals surface area contributed by atoms with Crippen LogP contribution in [-0.4, -0.2) is 65.9 Å². The fourth-order valence-electron chi connectivity index (χ4n) is 2.81. The van der Waals surface area contributed by atoms with Crippen molar-refractivity contribution < 1.29 is 9.59 Å². The topological polar surface area (TPSA) is 69.9 Å². The maximum Gasteiger partial charge on any atom is 0.320 e. The van der Waals surface area contributed by atoms with Gasteiger partial charge in [-0.25, -0.2) is 4.79 Å². The number of carbonyl (C=O) groups is 2. The largest absolute Gasteiger partial charge is 0.337 e. The van der Waals surface area contributed by atoms with Gasteiger partial charge in [0.1, 0.15) is 6.04 Å². The van der Waals surface area contributed by atoms with E-state index in [2.05, 4.69) is 0 Å². The van der Waals surface area contributed by atoms with Crippen molar-refractivity contribution in [2.24, 2.45) is 5.73 Å². The van der Waals surface area contributed by atoms with Crippen molar-refractivity contribution in [2.45, 2.75) is 19.9 Å². The minimum absolute atomic E-state index is 0.0504. The van der Waals surface area contributed by atoms with E-state index in [9.17, 15) is 9.59 Å². The van der Waals surface area contributed by atoms with Gasteiger partial charge in [-0.3, -0.25) is 4.79 Å². The summed E-state index contributed by atoms with van der Waals surface area (Å²) < 4.78 is 0. The van der Waals surface area contributed by atoms with E-state index >= 15 is 0 Å². The third kappa shape index (κ3) is 4.01. The van der Waals surface area contributed by atoms with Gasteiger partial charge in [0.25, 0.3) is 0 Å². The molecule has 6 heteroatoms. The smallest absolute Gasteiger partial charge is 0.320 e. The van der Waals surface area contributed by atoms with Crippen LogP contribution in [0.15, 0.2) is 30.3 Å². The second-order valence-electron chi connectivity index (χ2n) is 5.66. The van der Waals surface area contributed by atoms with Gasteiger partial charge in [-0.05, 0) is 19.4 Å². The lowest BCUT2D eigenvalue weighted by atomic mass is 10.1. The highest BCUT2D eigenvalue weighted by molar-refractivity contribution is 5.83. The first kappa shape index (κ1) is 17.3. The number of benzene rings is 1. The second kappa shape index (κ2) is 7.97. The average Bonchev–Trinajstić information content (AvgIpc) is 2.62. The molecule has 0 saturated carbocycles. The van der Waals surface area contributed by atoms with Crippen LogP contribution in [0.1, 0.15) is 25.5 Å². The molecule has 1 saturated heterocycles. The minimum Gasteiger partial charge on any atom is -0.337 e. The standard InChI is InChI=1S/C17H26N4O2/c1-3-19(4-2)17(23)21-12-10-20(11-13-21)16(22)15(18)14-8-6-5-7-9-14/h5-9,15H,3-4,10-13,18H2,1-2H3. The molecular weight excluding hydrogens is 292 g/mol. The van der Waals surface area contributed by atoms with Gasteiger partial charge in [0, 0.05) is 39.3 Å². The first-order valence-corrected chi connectivity index (χ1v) is 8.21. The Hall–Kier alpha value is -2.08. The molecule has 1 aliphatic rings. The van der Waals surface area contributed by atoms with Crippen LogP contribution < -0.4 is 5.73 Å². The lowest BCUT2D eigenvalue weighted by Crippen LogP contribution is -2.55. The molecule has 23 heavy (non-hydrogen) atoms. The molecule has 1 heterocycles. The van der Waals surface area contributed by atoms with E-state index in [1.54, 1.807) is 9.80 Å². The summed E-state index contributed by atoms with van der Waals surface area (Å²) in [7, 11) is 0. The molecule has 1 aromatic carbocycles. The predicted octanol–water partition coefficient (Wildman–Crippen LogP) is 1.29. The number of piperazine rings is 1. The van der Waals surface area contributed by atoms with Gasteiger partial charge in [-0.2, -0.15) is 0 Å². The first-order chi connectivity index (χ1) is 11.1. The summed E-state index contributed by atoms with van der Waals surface area (Å²) in [5.74, 6) is -0.0776. The summed E-state index contributed by atoms with van der Waals surface area (Å²) >= 11 is 0. The molecule has 0 aliphatic carbocycles. The van der Waals surface area contributed by atoms with Crippen LogP contribution in [-0.2, 0) is 4.79 Å². The number of nitrogens with zero attached hydrogens (tertiary/aromatic N) is 3. The van der Waals surface area contributed by atoms with E-state index in [0.717, 1.165) is 5.56 Å². The lowest BCUT2D eigenvalue weighted by molar-refractivity contribution is -0.134. The number of amides is 3. The van der Waals surface area contributed by atoms with Crippen molar-refractivity contribution in [1.29, 1.82) is 0 Å². The number of rotatable bonds is 4. The van der Waals surface area contributed by atoms with E-state index in [0.29, 0.717) is 39.3 Å². The Morgan fingerprint density at radius 1 is 1.04 bits per heavy atom. The molecule has 2 rings (SSSR count). The van der Waals surface area contributed by atoms with Crippen LogP contribution in [0, 0.1) is 0 Å². The maximum atomic E-state index is 12.5. The molecular formula is C17H26N4O2. The quantitative estimate of drug-likeness (QED) is 0.909. The monoisotopic (exact) mass is 318 g/mol. The van der Waals surface area contributed by atoms with E-state index in [4.69, 9.17) is 5.73 Å². The fraction of sp³-hybridized carbons (Fsp3) is 0.529. The molecule has 1 fully saturated rings. The minimum atomic E-state index is -0.638. The molecule has 126 valence electrons. The van der Waals surface area contributed by atoms with E-state index in [1.165, 1.54) is 0 Å². The zero-order chi connectivity index (χ0) is 16.8. The summed E-state index contributed by atoms with van der Waals surface area (Å²) in [4.78, 5) is 30.2. The number of hydrogen-bond donors (Lipinski definition) is 1. The van der Waals surface area contributed by atoms with Crippen molar-refractivity contribution >= 4 is 11.9 Å². The predicted molar refractivity (Wildman–Crippen MR) is 89.8 cm³/mol. The third-order valence-electron chi connectivity index (χ3n) is 4.32. The summed E-state index contributed by atoms with van der Waals surface area (Å²) in [5, 5.41) is 0. The van der Waals surface area contributed by atoms with Crippen molar-refractivity contribution in [3.8, 4) is 0 Å². The van der Waals surface area contributed by atoms with Crippen LogP contribution in [0.2, 0.25) is 0 Å². The normalized spacial score (nSPS) is 16.1. The molecule has 0 radical (unpaired) electrons. The van der Waals surface area contributed by atoms with Gasteiger partial charge in [-0.1, -0.05) is 30.3 Å². The molecule has 3 amide bonds. The Balaban J connectivity index is 1.91. The van der Waals surface area contributed by atoms with Gasteiger partial charge in [0.05, 0.1) is 0 Å². The van der Waals surface area contributed by atoms with E-state index < -0.39 is 6.04 Å². The van der Waals surface area contributed by atoms with Crippen molar-refractivity contribution in [3.05, 3.63) is 35.9 Å². The van der Waals surface area contributed by atoms with Crippen LogP contribution in [0.25, 0.3) is 0 Å². The molecule has 1 aliphatic heterocycles. The summed E-state index contributed by atoms with van der Waals surface area (Å²) in [6.45, 7) is 7.53.